The van der Waals surface area contributed by atoms with Crippen LogP contribution in [-0.2, 0) is 0 Å². The number of hydrogen-bond donors (Lipinski definition) is 1. The maximum absolute atomic E-state index is 13.0. The van der Waals surface area contributed by atoms with Crippen LogP contribution in [0.3, 0.4) is 0 Å². The molecule has 1 fully saturated rings. The number of hydrogen-bond acceptors (Lipinski definition) is 3. The first kappa shape index (κ1) is 21.0. The van der Waals surface area contributed by atoms with Crippen molar-refractivity contribution in [2.75, 3.05) is 19.6 Å². The molecule has 4 rings (SSSR count). The standard InChI is InChI=1S/C25H29ClN2O2/c1-17-11-12-19-18(2)24(30-23(19)15-17)25(29)27-16-22(20-9-5-6-10-21(20)26)28-13-7-3-4-8-14-28/h5-6,9-12,15,22H,3-4,7-8,13-14,16H2,1-2H3,(H,27,29)/t22-/m1/s1. The van der Waals surface area contributed by atoms with Gasteiger partial charge in [0.25, 0.3) is 5.91 Å². The summed E-state index contributed by atoms with van der Waals surface area (Å²) >= 11 is 6.55. The molecule has 3 aromatic rings. The Labute approximate surface area is 183 Å². The SMILES string of the molecule is Cc1ccc2c(C)c(C(=O)NC[C@H](c3ccccc3Cl)N3CCCCCC3)oc2c1. The minimum Gasteiger partial charge on any atom is -0.451 e. The van der Waals surface area contributed by atoms with Gasteiger partial charge < -0.3 is 9.73 Å². The second kappa shape index (κ2) is 9.23. The molecule has 0 aliphatic carbocycles. The predicted molar refractivity (Wildman–Crippen MR) is 122 cm³/mol. The predicted octanol–water partition coefficient (Wildman–Crippen LogP) is 6.05. The Morgan fingerprint density at radius 2 is 1.83 bits per heavy atom. The molecular weight excluding hydrogens is 396 g/mol. The minimum absolute atomic E-state index is 0.0488. The number of halogens is 1. The van der Waals surface area contributed by atoms with Crippen LogP contribution in [0.5, 0.6) is 0 Å². The largest absolute Gasteiger partial charge is 0.451 e. The summed E-state index contributed by atoms with van der Waals surface area (Å²) in [6.45, 7) is 6.50. The second-order valence-corrected chi connectivity index (χ2v) is 8.66. The molecular formula is C25H29ClN2O2. The van der Waals surface area contributed by atoms with Crippen molar-refractivity contribution in [3.63, 3.8) is 0 Å². The van der Waals surface area contributed by atoms with Crippen molar-refractivity contribution < 1.29 is 9.21 Å². The molecule has 158 valence electrons. The maximum atomic E-state index is 13.0. The minimum atomic E-state index is -0.173. The van der Waals surface area contributed by atoms with Gasteiger partial charge in [-0.3, -0.25) is 9.69 Å². The van der Waals surface area contributed by atoms with Gasteiger partial charge in [-0.15, -0.1) is 0 Å². The molecule has 1 atom stereocenters. The molecule has 5 heteroatoms. The summed E-state index contributed by atoms with van der Waals surface area (Å²) in [5.74, 6) is 0.220. The molecule has 0 spiro atoms. The highest BCUT2D eigenvalue weighted by Gasteiger charge is 2.25. The number of amides is 1. The average Bonchev–Trinajstić information content (AvgIpc) is 2.90. The quantitative estimate of drug-likeness (QED) is 0.542. The summed E-state index contributed by atoms with van der Waals surface area (Å²) in [6, 6.07) is 14.0. The van der Waals surface area contributed by atoms with Crippen molar-refractivity contribution in [2.45, 2.75) is 45.6 Å². The van der Waals surface area contributed by atoms with Crippen molar-refractivity contribution in [1.29, 1.82) is 0 Å². The Kier molecular flexibility index (Phi) is 6.45. The zero-order valence-electron chi connectivity index (χ0n) is 17.7. The van der Waals surface area contributed by atoms with Gasteiger partial charge >= 0.3 is 0 Å². The summed E-state index contributed by atoms with van der Waals surface area (Å²) in [5.41, 5.74) is 3.82. The Balaban J connectivity index is 1.57. The average molecular weight is 425 g/mol. The van der Waals surface area contributed by atoms with Crippen molar-refractivity contribution in [3.05, 3.63) is 69.9 Å². The van der Waals surface area contributed by atoms with Gasteiger partial charge in [-0.2, -0.15) is 0 Å². The number of nitrogens with one attached hydrogen (secondary N) is 1. The van der Waals surface area contributed by atoms with Crippen LogP contribution >= 0.6 is 11.6 Å². The van der Waals surface area contributed by atoms with E-state index < -0.39 is 0 Å². The molecule has 1 aliphatic heterocycles. The molecule has 1 aliphatic rings. The third-order valence-electron chi connectivity index (χ3n) is 6.10. The van der Waals surface area contributed by atoms with E-state index in [-0.39, 0.29) is 11.9 Å². The van der Waals surface area contributed by atoms with Crippen LogP contribution in [0.15, 0.2) is 46.9 Å². The van der Waals surface area contributed by atoms with E-state index in [0.29, 0.717) is 12.3 Å². The first-order valence-electron chi connectivity index (χ1n) is 10.8. The molecule has 4 nitrogen and oxygen atoms in total. The van der Waals surface area contributed by atoms with Gasteiger partial charge in [0.2, 0.25) is 0 Å². The van der Waals surface area contributed by atoms with E-state index in [2.05, 4.69) is 16.3 Å². The number of likely N-dealkylation sites (tertiary alicyclic amines) is 1. The highest BCUT2D eigenvalue weighted by Crippen LogP contribution is 2.30. The van der Waals surface area contributed by atoms with E-state index in [1.165, 1.54) is 25.7 Å². The van der Waals surface area contributed by atoms with Crippen molar-refractivity contribution >= 4 is 28.5 Å². The van der Waals surface area contributed by atoms with Crippen LogP contribution in [0.1, 0.15) is 59.0 Å². The molecule has 2 aromatic carbocycles. The van der Waals surface area contributed by atoms with Crippen LogP contribution in [0, 0.1) is 13.8 Å². The Morgan fingerprint density at radius 3 is 2.57 bits per heavy atom. The summed E-state index contributed by atoms with van der Waals surface area (Å²) in [5, 5.41) is 4.86. The second-order valence-electron chi connectivity index (χ2n) is 8.25. The lowest BCUT2D eigenvalue weighted by Gasteiger charge is -2.31. The summed E-state index contributed by atoms with van der Waals surface area (Å²) in [4.78, 5) is 15.5. The Bertz CT molecular complexity index is 1030. The fraction of sp³-hybridized carbons (Fsp3) is 0.400. The topological polar surface area (TPSA) is 45.5 Å². The molecule has 0 radical (unpaired) electrons. The Morgan fingerprint density at radius 1 is 1.10 bits per heavy atom. The number of rotatable bonds is 5. The number of fused-ring (bicyclic) bond motifs is 1. The molecule has 1 amide bonds. The number of carbonyl (C=O) groups excluding carboxylic acids is 1. The number of aryl methyl sites for hydroxylation is 2. The van der Waals surface area contributed by atoms with Crippen LogP contribution in [0.25, 0.3) is 11.0 Å². The van der Waals surface area contributed by atoms with Crippen LogP contribution < -0.4 is 5.32 Å². The first-order valence-corrected chi connectivity index (χ1v) is 11.2. The van der Waals surface area contributed by atoms with Crippen LogP contribution in [0.2, 0.25) is 5.02 Å². The number of furan rings is 1. The zero-order chi connectivity index (χ0) is 21.1. The Hall–Kier alpha value is -2.30. The van der Waals surface area contributed by atoms with Gasteiger partial charge in [0.15, 0.2) is 5.76 Å². The first-order chi connectivity index (χ1) is 14.5. The molecule has 1 aromatic heterocycles. The smallest absolute Gasteiger partial charge is 0.287 e. The fourth-order valence-corrected chi connectivity index (χ4v) is 4.67. The van der Waals surface area contributed by atoms with Crippen molar-refractivity contribution in [2.24, 2.45) is 0 Å². The highest BCUT2D eigenvalue weighted by molar-refractivity contribution is 6.31. The van der Waals surface area contributed by atoms with E-state index in [1.807, 2.05) is 50.2 Å². The van der Waals surface area contributed by atoms with E-state index in [0.717, 1.165) is 45.8 Å². The van der Waals surface area contributed by atoms with Gasteiger partial charge in [0.1, 0.15) is 5.58 Å². The molecule has 1 N–H and O–H groups in total. The summed E-state index contributed by atoms with van der Waals surface area (Å²) in [7, 11) is 0. The lowest BCUT2D eigenvalue weighted by molar-refractivity contribution is 0.0907. The van der Waals surface area contributed by atoms with Gasteiger partial charge in [-0.1, -0.05) is 54.8 Å². The normalized spacial score (nSPS) is 16.4. The zero-order valence-corrected chi connectivity index (χ0v) is 18.5. The number of nitrogens with zero attached hydrogens (tertiary/aromatic N) is 1. The van der Waals surface area contributed by atoms with Crippen LogP contribution in [0.4, 0.5) is 0 Å². The van der Waals surface area contributed by atoms with Gasteiger partial charge in [-0.25, -0.2) is 0 Å². The number of carbonyl (C=O) groups is 1. The van der Waals surface area contributed by atoms with E-state index >= 15 is 0 Å². The molecule has 0 bridgehead atoms. The molecule has 1 saturated heterocycles. The molecule has 0 unspecified atom stereocenters. The lowest BCUT2D eigenvalue weighted by Crippen LogP contribution is -2.39. The third kappa shape index (κ3) is 4.40. The van der Waals surface area contributed by atoms with E-state index in [9.17, 15) is 4.79 Å². The van der Waals surface area contributed by atoms with E-state index in [4.69, 9.17) is 16.0 Å². The van der Waals surface area contributed by atoms with Crippen molar-refractivity contribution in [3.8, 4) is 0 Å². The summed E-state index contributed by atoms with van der Waals surface area (Å²) in [6.07, 6.45) is 4.87. The molecule has 2 heterocycles. The molecule has 30 heavy (non-hydrogen) atoms. The lowest BCUT2D eigenvalue weighted by atomic mass is 10.0. The monoisotopic (exact) mass is 424 g/mol. The number of benzene rings is 2. The van der Waals surface area contributed by atoms with Crippen molar-refractivity contribution in [1.82, 2.24) is 10.2 Å². The fourth-order valence-electron chi connectivity index (χ4n) is 4.41. The summed E-state index contributed by atoms with van der Waals surface area (Å²) < 4.78 is 5.92. The van der Waals surface area contributed by atoms with Gasteiger partial charge in [-0.05, 0) is 63.0 Å². The molecule has 0 saturated carbocycles. The van der Waals surface area contributed by atoms with E-state index in [1.54, 1.807) is 0 Å². The van der Waals surface area contributed by atoms with Crippen LogP contribution in [-0.4, -0.2) is 30.4 Å². The third-order valence-corrected chi connectivity index (χ3v) is 6.45. The maximum Gasteiger partial charge on any atom is 0.287 e. The van der Waals surface area contributed by atoms with Gasteiger partial charge in [0.05, 0.1) is 6.04 Å². The van der Waals surface area contributed by atoms with Gasteiger partial charge in [0, 0.05) is 22.5 Å². The highest BCUT2D eigenvalue weighted by atomic mass is 35.5.